The van der Waals surface area contributed by atoms with Crippen molar-refractivity contribution in [2.45, 2.75) is 20.5 Å². The Morgan fingerprint density at radius 1 is 1.28 bits per heavy atom. The lowest BCUT2D eigenvalue weighted by atomic mass is 10.2. The summed E-state index contributed by atoms with van der Waals surface area (Å²) in [4.78, 5) is 16.4. The molecule has 0 aliphatic carbocycles. The van der Waals surface area contributed by atoms with Gasteiger partial charge >= 0.3 is 0 Å². The standard InChI is InChI=1S/C21H20ClN3O3S/c1-13-20(14(2)26)29-21(24-13)25-23-11-15-8-9-18(19(10-15)27-3)28-12-16-6-4-5-7-17(16)22/h4-11H,12H2,1-3H3,(H,24,25)/b23-11-. The number of aryl methyl sites for hydroxylation is 1. The number of carbonyl (C=O) groups is 1. The number of nitrogens with one attached hydrogen (secondary N) is 1. The molecular formula is C21H20ClN3O3S. The monoisotopic (exact) mass is 429 g/mol. The SMILES string of the molecule is COc1cc(/C=N\Nc2nc(C)c(C(C)=O)s2)ccc1OCc1ccccc1Cl. The van der Waals surface area contributed by atoms with E-state index in [4.69, 9.17) is 21.1 Å². The van der Waals surface area contributed by atoms with E-state index in [1.807, 2.05) is 42.5 Å². The molecule has 3 aromatic rings. The normalized spacial score (nSPS) is 10.9. The van der Waals surface area contributed by atoms with Gasteiger partial charge in [-0.3, -0.25) is 10.2 Å². The van der Waals surface area contributed by atoms with E-state index >= 15 is 0 Å². The molecule has 0 amide bonds. The molecule has 2 aromatic carbocycles. The first-order chi connectivity index (χ1) is 14.0. The van der Waals surface area contributed by atoms with Crippen molar-refractivity contribution in [1.29, 1.82) is 0 Å². The predicted octanol–water partition coefficient (Wildman–Crippen LogP) is 5.34. The Labute approximate surface area is 178 Å². The Kier molecular flexibility index (Phi) is 6.85. The number of benzene rings is 2. The maximum absolute atomic E-state index is 11.5. The number of hydrogen-bond donors (Lipinski definition) is 1. The first kappa shape index (κ1) is 20.8. The summed E-state index contributed by atoms with van der Waals surface area (Å²) in [6.45, 7) is 3.66. The lowest BCUT2D eigenvalue weighted by Crippen LogP contribution is -1.99. The minimum Gasteiger partial charge on any atom is -0.493 e. The van der Waals surface area contributed by atoms with Gasteiger partial charge in [0.25, 0.3) is 0 Å². The second kappa shape index (κ2) is 9.54. The number of hydrogen-bond acceptors (Lipinski definition) is 7. The fraction of sp³-hybridized carbons (Fsp3) is 0.190. The number of ketones is 1. The number of aromatic nitrogens is 1. The van der Waals surface area contributed by atoms with Crippen LogP contribution in [0.3, 0.4) is 0 Å². The van der Waals surface area contributed by atoms with Gasteiger partial charge in [-0.1, -0.05) is 41.1 Å². The zero-order valence-corrected chi connectivity index (χ0v) is 17.8. The molecule has 1 heterocycles. The molecule has 8 heteroatoms. The van der Waals surface area contributed by atoms with E-state index in [1.54, 1.807) is 20.2 Å². The Hall–Kier alpha value is -2.90. The van der Waals surface area contributed by atoms with Crippen molar-refractivity contribution in [2.75, 3.05) is 12.5 Å². The van der Waals surface area contributed by atoms with Gasteiger partial charge in [0.1, 0.15) is 6.61 Å². The second-order valence-electron chi connectivity index (χ2n) is 6.15. The van der Waals surface area contributed by atoms with Crippen molar-refractivity contribution >= 4 is 40.1 Å². The Morgan fingerprint density at radius 3 is 2.76 bits per heavy atom. The van der Waals surface area contributed by atoms with Gasteiger partial charge in [-0.05, 0) is 36.8 Å². The van der Waals surface area contributed by atoms with Gasteiger partial charge in [0, 0.05) is 17.5 Å². The van der Waals surface area contributed by atoms with E-state index in [0.29, 0.717) is 38.8 Å². The summed E-state index contributed by atoms with van der Waals surface area (Å²) in [6, 6.07) is 13.0. The highest BCUT2D eigenvalue weighted by Gasteiger charge is 2.11. The van der Waals surface area contributed by atoms with E-state index < -0.39 is 0 Å². The number of methoxy groups -OCH3 is 1. The van der Waals surface area contributed by atoms with Crippen molar-refractivity contribution in [3.63, 3.8) is 0 Å². The molecule has 1 aromatic heterocycles. The number of ether oxygens (including phenoxy) is 2. The van der Waals surface area contributed by atoms with Crippen molar-refractivity contribution in [2.24, 2.45) is 5.10 Å². The van der Waals surface area contributed by atoms with Crippen LogP contribution in [0.5, 0.6) is 11.5 Å². The number of halogens is 1. The zero-order chi connectivity index (χ0) is 20.8. The van der Waals surface area contributed by atoms with Crippen LogP contribution in [-0.4, -0.2) is 24.1 Å². The number of carbonyl (C=O) groups excluding carboxylic acids is 1. The fourth-order valence-corrected chi connectivity index (χ4v) is 3.59. The highest BCUT2D eigenvalue weighted by atomic mass is 35.5. The molecule has 0 bridgehead atoms. The predicted molar refractivity (Wildman–Crippen MR) is 117 cm³/mol. The minimum absolute atomic E-state index is 0.00542. The van der Waals surface area contributed by atoms with Crippen molar-refractivity contribution in [3.8, 4) is 11.5 Å². The van der Waals surface area contributed by atoms with Gasteiger partial charge in [0.15, 0.2) is 17.3 Å². The Bertz CT molecular complexity index is 1050. The van der Waals surface area contributed by atoms with Crippen molar-refractivity contribution < 1.29 is 14.3 Å². The van der Waals surface area contributed by atoms with Gasteiger partial charge in [0.05, 0.1) is 23.9 Å². The lowest BCUT2D eigenvalue weighted by molar-refractivity contribution is 0.102. The van der Waals surface area contributed by atoms with Gasteiger partial charge in [-0.15, -0.1) is 0 Å². The van der Waals surface area contributed by atoms with Crippen molar-refractivity contribution in [3.05, 3.63) is 69.2 Å². The molecule has 0 radical (unpaired) electrons. The van der Waals surface area contributed by atoms with E-state index in [2.05, 4.69) is 15.5 Å². The highest BCUT2D eigenvalue weighted by Crippen LogP contribution is 2.29. The molecule has 0 saturated heterocycles. The zero-order valence-electron chi connectivity index (χ0n) is 16.2. The van der Waals surface area contributed by atoms with E-state index in [1.165, 1.54) is 18.3 Å². The Morgan fingerprint density at radius 2 is 2.07 bits per heavy atom. The molecule has 6 nitrogen and oxygen atoms in total. The number of anilines is 1. The van der Waals surface area contributed by atoms with E-state index in [-0.39, 0.29) is 5.78 Å². The first-order valence-electron chi connectivity index (χ1n) is 8.79. The van der Waals surface area contributed by atoms with E-state index in [0.717, 1.165) is 11.1 Å². The summed E-state index contributed by atoms with van der Waals surface area (Å²) < 4.78 is 11.3. The number of Topliss-reactive ketones (excluding diaryl/α,β-unsaturated/α-hetero) is 1. The van der Waals surface area contributed by atoms with Gasteiger partial charge in [0.2, 0.25) is 5.13 Å². The summed E-state index contributed by atoms with van der Waals surface area (Å²) in [6.07, 6.45) is 1.64. The second-order valence-corrected chi connectivity index (χ2v) is 7.56. The topological polar surface area (TPSA) is 72.8 Å². The number of nitrogens with zero attached hydrogens (tertiary/aromatic N) is 2. The van der Waals surface area contributed by atoms with Gasteiger partial charge < -0.3 is 9.47 Å². The lowest BCUT2D eigenvalue weighted by Gasteiger charge is -2.12. The average molecular weight is 430 g/mol. The first-order valence-corrected chi connectivity index (χ1v) is 9.99. The number of hydrazone groups is 1. The number of rotatable bonds is 8. The van der Waals surface area contributed by atoms with Crippen LogP contribution in [0.2, 0.25) is 5.02 Å². The Balaban J connectivity index is 1.66. The summed E-state index contributed by atoms with van der Waals surface area (Å²) in [5, 5.41) is 5.41. The molecule has 1 N–H and O–H groups in total. The van der Waals surface area contributed by atoms with Crippen LogP contribution >= 0.6 is 22.9 Å². The third-order valence-corrected chi connectivity index (χ3v) is 5.55. The third kappa shape index (κ3) is 5.34. The molecule has 29 heavy (non-hydrogen) atoms. The summed E-state index contributed by atoms with van der Waals surface area (Å²) in [7, 11) is 1.58. The molecule has 0 aliphatic heterocycles. The van der Waals surface area contributed by atoms with E-state index in [9.17, 15) is 4.79 Å². The molecule has 0 aliphatic rings. The minimum atomic E-state index is -0.00542. The highest BCUT2D eigenvalue weighted by molar-refractivity contribution is 7.17. The van der Waals surface area contributed by atoms with Crippen LogP contribution in [0.1, 0.15) is 33.4 Å². The maximum Gasteiger partial charge on any atom is 0.204 e. The number of thiazole rings is 1. The molecule has 3 rings (SSSR count). The molecule has 150 valence electrons. The fourth-order valence-electron chi connectivity index (χ4n) is 2.59. The largest absolute Gasteiger partial charge is 0.493 e. The summed E-state index contributed by atoms with van der Waals surface area (Å²) in [5.74, 6) is 1.19. The van der Waals surface area contributed by atoms with Crippen LogP contribution in [0.25, 0.3) is 0 Å². The van der Waals surface area contributed by atoms with Crippen LogP contribution in [0, 0.1) is 6.92 Å². The average Bonchev–Trinajstić information content (AvgIpc) is 3.08. The van der Waals surface area contributed by atoms with Crippen LogP contribution in [0.15, 0.2) is 47.6 Å². The quantitative estimate of drug-likeness (QED) is 0.297. The summed E-state index contributed by atoms with van der Waals surface area (Å²) in [5.41, 5.74) is 5.27. The van der Waals surface area contributed by atoms with Gasteiger partial charge in [-0.25, -0.2) is 4.98 Å². The molecule has 0 fully saturated rings. The molecule has 0 unspecified atom stereocenters. The third-order valence-electron chi connectivity index (χ3n) is 4.02. The molecule has 0 saturated carbocycles. The molecular weight excluding hydrogens is 410 g/mol. The van der Waals surface area contributed by atoms with Crippen LogP contribution in [0.4, 0.5) is 5.13 Å². The van der Waals surface area contributed by atoms with Crippen LogP contribution in [-0.2, 0) is 6.61 Å². The van der Waals surface area contributed by atoms with Crippen LogP contribution < -0.4 is 14.9 Å². The van der Waals surface area contributed by atoms with Gasteiger partial charge in [-0.2, -0.15) is 5.10 Å². The maximum atomic E-state index is 11.5. The van der Waals surface area contributed by atoms with Crippen molar-refractivity contribution in [1.82, 2.24) is 4.98 Å². The smallest absolute Gasteiger partial charge is 0.204 e. The summed E-state index contributed by atoms with van der Waals surface area (Å²) >= 11 is 7.44. The molecule has 0 spiro atoms. The molecule has 0 atom stereocenters.